The van der Waals surface area contributed by atoms with E-state index in [1.165, 1.54) is 12.1 Å². The van der Waals surface area contributed by atoms with E-state index in [1.54, 1.807) is 0 Å². The van der Waals surface area contributed by atoms with Crippen molar-refractivity contribution in [2.45, 2.75) is 24.2 Å². The maximum Gasteiger partial charge on any atom is 0.433 e. The lowest BCUT2D eigenvalue weighted by molar-refractivity contribution is -0.853. The number of hydrogen-bond donors (Lipinski definition) is 0. The summed E-state index contributed by atoms with van der Waals surface area (Å²) in [5.41, 5.74) is -0.588. The van der Waals surface area contributed by atoms with E-state index in [2.05, 4.69) is 0 Å². The third kappa shape index (κ3) is 3.69. The first-order valence-corrected chi connectivity index (χ1v) is 12.4. The summed E-state index contributed by atoms with van der Waals surface area (Å²) in [7, 11) is 0. The van der Waals surface area contributed by atoms with E-state index in [4.69, 9.17) is 5.26 Å². The van der Waals surface area contributed by atoms with Crippen LogP contribution in [0.25, 0.3) is 0 Å². The number of imide groups is 1. The van der Waals surface area contributed by atoms with Gasteiger partial charge < -0.3 is 0 Å². The van der Waals surface area contributed by atoms with Gasteiger partial charge in [-0.25, -0.2) is 14.2 Å². The zero-order valence-electron chi connectivity index (χ0n) is 20.5. The average molecular weight is 532 g/mol. The van der Waals surface area contributed by atoms with Crippen LogP contribution < -0.4 is 4.90 Å². The van der Waals surface area contributed by atoms with Crippen molar-refractivity contribution in [2.24, 2.45) is 0 Å². The number of fused-ring (bicyclic) bond motifs is 1. The third-order valence-electron chi connectivity index (χ3n) is 8.03. The van der Waals surface area contributed by atoms with Gasteiger partial charge in [0, 0.05) is 0 Å². The van der Waals surface area contributed by atoms with Gasteiger partial charge in [-0.05, 0) is 29.3 Å². The van der Waals surface area contributed by atoms with Crippen molar-refractivity contribution in [3.63, 3.8) is 0 Å². The number of rotatable bonds is 5. The highest BCUT2D eigenvalue weighted by atomic mass is 19.4. The van der Waals surface area contributed by atoms with E-state index in [-0.39, 0.29) is 31.2 Å². The number of ketones is 1. The van der Waals surface area contributed by atoms with E-state index < -0.39 is 51.7 Å². The highest BCUT2D eigenvalue weighted by molar-refractivity contribution is 6.19. The first-order chi connectivity index (χ1) is 18.7. The molecule has 3 saturated heterocycles. The molecule has 0 aliphatic carbocycles. The zero-order valence-corrected chi connectivity index (χ0v) is 20.5. The first kappa shape index (κ1) is 25.0. The second-order valence-electron chi connectivity index (χ2n) is 10.1. The normalized spacial score (nSPS) is 25.7. The summed E-state index contributed by atoms with van der Waals surface area (Å²) in [5, 5.41) is 9.15. The summed E-state index contributed by atoms with van der Waals surface area (Å²) in [4.78, 5) is 44.6. The maximum atomic E-state index is 14.3. The molecule has 4 unspecified atom stereocenters. The van der Waals surface area contributed by atoms with Crippen LogP contribution >= 0.6 is 0 Å². The topological polar surface area (TPSA) is 81.5 Å². The van der Waals surface area contributed by atoms with E-state index in [1.807, 2.05) is 65.6 Å². The molecule has 0 N–H and O–H groups in total. The number of hydrogen-bond acceptors (Lipinski definition) is 5. The highest BCUT2D eigenvalue weighted by Crippen LogP contribution is 2.46. The number of Topliss-reactive ketones (excluding diaryl/α,β-unsaturated/α-hetero) is 1. The van der Waals surface area contributed by atoms with Gasteiger partial charge >= 0.3 is 12.2 Å². The SMILES string of the molecule is N#Cc1ccc(N2C(=O)C3CN4CC(C(=O)C(c5ccccc5)c5ccccc5)[N+]3(C4)C2=O)cc1C(F)(F)F. The molecule has 196 valence electrons. The van der Waals surface area contributed by atoms with Crippen LogP contribution in [-0.4, -0.2) is 58.9 Å². The lowest BCUT2D eigenvalue weighted by Crippen LogP contribution is -2.63. The van der Waals surface area contributed by atoms with Crippen molar-refractivity contribution in [2.75, 3.05) is 24.7 Å². The largest absolute Gasteiger partial charge is 0.433 e. The third-order valence-corrected chi connectivity index (χ3v) is 8.03. The molecule has 2 bridgehead atoms. The molecule has 4 atom stereocenters. The van der Waals surface area contributed by atoms with Crippen molar-refractivity contribution in [3.05, 3.63) is 101 Å². The Bertz CT molecular complexity index is 1500. The second-order valence-corrected chi connectivity index (χ2v) is 10.1. The minimum atomic E-state index is -4.85. The van der Waals surface area contributed by atoms with Gasteiger partial charge in [0.05, 0.1) is 41.9 Å². The fourth-order valence-corrected chi connectivity index (χ4v) is 6.31. The minimum Gasteiger partial charge on any atom is -0.292 e. The second kappa shape index (κ2) is 8.86. The number of carbonyl (C=O) groups is 3. The molecule has 0 saturated carbocycles. The molecular formula is C29H22F3N4O3+. The molecule has 3 aromatic carbocycles. The van der Waals surface area contributed by atoms with Crippen LogP contribution in [-0.2, 0) is 15.8 Å². The van der Waals surface area contributed by atoms with Crippen LogP contribution in [0, 0.1) is 11.3 Å². The maximum absolute atomic E-state index is 14.3. The van der Waals surface area contributed by atoms with Gasteiger partial charge in [0.25, 0.3) is 5.91 Å². The average Bonchev–Trinajstić information content (AvgIpc) is 3.57. The van der Waals surface area contributed by atoms with Gasteiger partial charge in [-0.3, -0.25) is 9.59 Å². The summed E-state index contributed by atoms with van der Waals surface area (Å²) in [6.07, 6.45) is -4.85. The number of amides is 3. The number of piperazine rings is 1. The Balaban J connectivity index is 1.42. The molecule has 3 aromatic rings. The molecule has 1 spiro atoms. The van der Waals surface area contributed by atoms with Gasteiger partial charge in [-0.15, -0.1) is 0 Å². The van der Waals surface area contributed by atoms with Crippen molar-refractivity contribution in [3.8, 4) is 6.07 Å². The summed E-state index contributed by atoms with van der Waals surface area (Å²) >= 11 is 0. The number of quaternary nitrogens is 1. The van der Waals surface area contributed by atoms with Crippen LogP contribution in [0.1, 0.15) is 28.2 Å². The van der Waals surface area contributed by atoms with Crippen molar-refractivity contribution in [1.29, 1.82) is 5.26 Å². The van der Waals surface area contributed by atoms with Crippen LogP contribution in [0.3, 0.4) is 0 Å². The molecule has 3 heterocycles. The number of nitriles is 1. The predicted molar refractivity (Wildman–Crippen MR) is 133 cm³/mol. The molecule has 39 heavy (non-hydrogen) atoms. The van der Waals surface area contributed by atoms with E-state index in [0.717, 1.165) is 22.1 Å². The summed E-state index contributed by atoms with van der Waals surface area (Å²) < 4.78 is 40.5. The molecule has 3 aliphatic rings. The molecule has 3 fully saturated rings. The van der Waals surface area contributed by atoms with Gasteiger partial charge in [0.2, 0.25) is 5.78 Å². The Labute approximate surface area is 221 Å². The monoisotopic (exact) mass is 531 g/mol. The lowest BCUT2D eigenvalue weighted by Gasteiger charge is -2.34. The number of nitrogens with zero attached hydrogens (tertiary/aromatic N) is 4. The predicted octanol–water partition coefficient (Wildman–Crippen LogP) is 4.29. The Morgan fingerprint density at radius 1 is 0.949 bits per heavy atom. The molecule has 10 heteroatoms. The van der Waals surface area contributed by atoms with Crippen molar-refractivity contribution >= 4 is 23.4 Å². The minimum absolute atomic E-state index is 0.126. The molecular weight excluding hydrogens is 509 g/mol. The fraction of sp³-hybridized carbons (Fsp3) is 0.241. The molecule has 7 nitrogen and oxygen atoms in total. The Kier molecular flexibility index (Phi) is 5.68. The van der Waals surface area contributed by atoms with Gasteiger partial charge in [-0.2, -0.15) is 23.3 Å². The number of carbonyl (C=O) groups excluding carboxylic acids is 3. The van der Waals surface area contributed by atoms with Gasteiger partial charge in [0.1, 0.15) is 6.67 Å². The van der Waals surface area contributed by atoms with Gasteiger partial charge in [-0.1, -0.05) is 60.7 Å². The lowest BCUT2D eigenvalue weighted by atomic mass is 9.83. The first-order valence-electron chi connectivity index (χ1n) is 12.4. The van der Waals surface area contributed by atoms with Gasteiger partial charge in [0.15, 0.2) is 12.1 Å². The molecule has 3 amide bonds. The summed E-state index contributed by atoms with van der Waals surface area (Å²) in [5.74, 6) is -1.55. The number of anilines is 1. The molecule has 0 aromatic heterocycles. The van der Waals surface area contributed by atoms with Crippen LogP contribution in [0.15, 0.2) is 78.9 Å². The number of urea groups is 1. The van der Waals surface area contributed by atoms with Crippen molar-refractivity contribution < 1.29 is 32.0 Å². The van der Waals surface area contributed by atoms with E-state index in [0.29, 0.717) is 6.07 Å². The Hall–Kier alpha value is -4.33. The quantitative estimate of drug-likeness (QED) is 0.363. The van der Waals surface area contributed by atoms with Crippen LogP contribution in [0.2, 0.25) is 0 Å². The van der Waals surface area contributed by atoms with E-state index in [9.17, 15) is 27.6 Å². The standard InChI is InChI=1S/C29H22F3N4O3/c30-29(31,32)22-13-21(12-11-20(22)14-33)35-27(38)24-16-34-15-23(36(24,17-34)28(35)39)26(37)25(18-7-3-1-4-8-18)19-9-5-2-6-10-19/h1-13,23-25H,15-17H2/q+1. The molecule has 6 rings (SSSR count). The molecule has 3 aliphatic heterocycles. The van der Waals surface area contributed by atoms with Crippen LogP contribution in [0.5, 0.6) is 0 Å². The fourth-order valence-electron chi connectivity index (χ4n) is 6.31. The van der Waals surface area contributed by atoms with E-state index >= 15 is 0 Å². The smallest absolute Gasteiger partial charge is 0.292 e. The summed E-state index contributed by atoms with van der Waals surface area (Å²) in [6.45, 7) is 0.620. The zero-order chi connectivity index (χ0) is 27.5. The number of alkyl halides is 3. The highest BCUT2D eigenvalue weighted by Gasteiger charge is 2.73. The number of halogens is 3. The number of benzene rings is 3. The Morgan fingerprint density at radius 3 is 2.13 bits per heavy atom. The molecule has 0 radical (unpaired) electrons. The summed E-state index contributed by atoms with van der Waals surface area (Å²) in [6, 6.07) is 20.2. The van der Waals surface area contributed by atoms with Crippen molar-refractivity contribution in [1.82, 2.24) is 4.90 Å². The Morgan fingerprint density at radius 2 is 1.56 bits per heavy atom. The van der Waals surface area contributed by atoms with Crippen LogP contribution in [0.4, 0.5) is 23.7 Å².